The standard InChI is InChI=1S/C19H30N2/c1-14(15-9-6-5-7-10-15)21-17(19(2,3)4)13-16-11-8-12-20-18(16)21/h5-7,9-10,14,16-18,20H,8,11-13H2,1-4H3/t14-,16?,17?,18?/m0/s1. The van der Waals surface area contributed by atoms with Gasteiger partial charge in [0.15, 0.2) is 0 Å². The van der Waals surface area contributed by atoms with Crippen LogP contribution in [-0.2, 0) is 0 Å². The SMILES string of the molecule is C[C@@H](c1ccccc1)N1C2NCCCC2CC1C(C)(C)C. The van der Waals surface area contributed by atoms with Gasteiger partial charge in [0.2, 0.25) is 0 Å². The third kappa shape index (κ3) is 2.89. The third-order valence-electron chi connectivity index (χ3n) is 5.49. The maximum atomic E-state index is 3.81. The van der Waals surface area contributed by atoms with E-state index >= 15 is 0 Å². The lowest BCUT2D eigenvalue weighted by atomic mass is 9.82. The smallest absolute Gasteiger partial charge is 0.0634 e. The van der Waals surface area contributed by atoms with Crippen LogP contribution in [0.3, 0.4) is 0 Å². The second-order valence-electron chi connectivity index (χ2n) is 7.95. The highest BCUT2D eigenvalue weighted by Gasteiger charge is 2.48. The molecule has 2 heterocycles. The van der Waals surface area contributed by atoms with Crippen molar-refractivity contribution in [3.63, 3.8) is 0 Å². The van der Waals surface area contributed by atoms with Crippen molar-refractivity contribution < 1.29 is 0 Å². The van der Waals surface area contributed by atoms with Crippen LogP contribution in [-0.4, -0.2) is 23.7 Å². The number of rotatable bonds is 2. The molecule has 21 heavy (non-hydrogen) atoms. The number of hydrogen-bond acceptors (Lipinski definition) is 2. The maximum Gasteiger partial charge on any atom is 0.0634 e. The van der Waals surface area contributed by atoms with Crippen molar-refractivity contribution in [3.05, 3.63) is 35.9 Å². The molecule has 116 valence electrons. The Kier molecular flexibility index (Phi) is 4.11. The first-order valence-corrected chi connectivity index (χ1v) is 8.54. The van der Waals surface area contributed by atoms with Gasteiger partial charge in [-0.05, 0) is 49.6 Å². The number of piperidine rings is 1. The van der Waals surface area contributed by atoms with Gasteiger partial charge in [-0.25, -0.2) is 0 Å². The highest BCUT2D eigenvalue weighted by Crippen LogP contribution is 2.45. The van der Waals surface area contributed by atoms with Gasteiger partial charge in [-0.1, -0.05) is 51.1 Å². The molecular formula is C19H30N2. The van der Waals surface area contributed by atoms with E-state index in [4.69, 9.17) is 0 Å². The Morgan fingerprint density at radius 1 is 1.19 bits per heavy atom. The van der Waals surface area contributed by atoms with E-state index in [1.54, 1.807) is 0 Å². The molecule has 0 radical (unpaired) electrons. The minimum absolute atomic E-state index is 0.335. The van der Waals surface area contributed by atoms with Gasteiger partial charge in [-0.2, -0.15) is 0 Å². The van der Waals surface area contributed by atoms with Gasteiger partial charge in [0.25, 0.3) is 0 Å². The molecule has 2 fully saturated rings. The molecule has 0 amide bonds. The Balaban J connectivity index is 1.91. The molecule has 4 atom stereocenters. The fourth-order valence-corrected chi connectivity index (χ4v) is 4.35. The van der Waals surface area contributed by atoms with Crippen molar-refractivity contribution in [3.8, 4) is 0 Å². The zero-order valence-electron chi connectivity index (χ0n) is 14.0. The molecule has 0 saturated carbocycles. The second-order valence-corrected chi connectivity index (χ2v) is 7.95. The van der Waals surface area contributed by atoms with Crippen molar-refractivity contribution in [2.45, 2.75) is 65.2 Å². The zero-order chi connectivity index (χ0) is 15.0. The number of nitrogens with zero attached hydrogens (tertiary/aromatic N) is 1. The van der Waals surface area contributed by atoms with Crippen molar-refractivity contribution >= 4 is 0 Å². The Hall–Kier alpha value is -0.860. The van der Waals surface area contributed by atoms with Gasteiger partial charge in [-0.3, -0.25) is 4.90 Å². The fraction of sp³-hybridized carbons (Fsp3) is 0.684. The van der Waals surface area contributed by atoms with E-state index < -0.39 is 0 Å². The predicted octanol–water partition coefficient (Wildman–Crippen LogP) is 4.19. The minimum Gasteiger partial charge on any atom is -0.301 e. The Morgan fingerprint density at radius 2 is 1.90 bits per heavy atom. The van der Waals surface area contributed by atoms with Crippen LogP contribution in [0.4, 0.5) is 0 Å². The average molecular weight is 286 g/mol. The van der Waals surface area contributed by atoms with Crippen molar-refractivity contribution in [1.82, 2.24) is 10.2 Å². The van der Waals surface area contributed by atoms with E-state index in [-0.39, 0.29) is 0 Å². The summed E-state index contributed by atoms with van der Waals surface area (Å²) in [6.45, 7) is 10.8. The maximum absolute atomic E-state index is 3.81. The number of benzene rings is 1. The highest BCUT2D eigenvalue weighted by molar-refractivity contribution is 5.20. The molecule has 0 spiro atoms. The number of likely N-dealkylation sites (tertiary alicyclic amines) is 1. The summed E-state index contributed by atoms with van der Waals surface area (Å²) in [6.07, 6.45) is 4.64. The van der Waals surface area contributed by atoms with Crippen molar-refractivity contribution in [2.75, 3.05) is 6.54 Å². The topological polar surface area (TPSA) is 15.3 Å². The molecule has 1 aromatic carbocycles. The van der Waals surface area contributed by atoms with Crippen LogP contribution in [0.25, 0.3) is 0 Å². The lowest BCUT2D eigenvalue weighted by Gasteiger charge is -2.43. The van der Waals surface area contributed by atoms with Crippen LogP contribution in [0.15, 0.2) is 30.3 Å². The first kappa shape index (κ1) is 15.1. The van der Waals surface area contributed by atoms with Gasteiger partial charge < -0.3 is 5.32 Å². The number of nitrogens with one attached hydrogen (secondary N) is 1. The van der Waals surface area contributed by atoms with E-state index in [2.05, 4.69) is 68.2 Å². The molecule has 0 bridgehead atoms. The summed E-state index contributed by atoms with van der Waals surface area (Å²) < 4.78 is 0. The zero-order valence-corrected chi connectivity index (χ0v) is 14.0. The lowest BCUT2D eigenvalue weighted by Crippen LogP contribution is -2.52. The summed E-state index contributed by atoms with van der Waals surface area (Å²) in [7, 11) is 0. The lowest BCUT2D eigenvalue weighted by molar-refractivity contribution is 0.0461. The quantitative estimate of drug-likeness (QED) is 0.877. The molecule has 1 N–H and O–H groups in total. The van der Waals surface area contributed by atoms with E-state index in [9.17, 15) is 0 Å². The predicted molar refractivity (Wildman–Crippen MR) is 89.1 cm³/mol. The molecule has 3 unspecified atom stereocenters. The molecule has 2 heteroatoms. The van der Waals surface area contributed by atoms with Gasteiger partial charge in [-0.15, -0.1) is 0 Å². The van der Waals surface area contributed by atoms with E-state index in [0.29, 0.717) is 23.7 Å². The number of fused-ring (bicyclic) bond motifs is 1. The normalized spacial score (nSPS) is 31.9. The van der Waals surface area contributed by atoms with E-state index in [1.165, 1.54) is 31.4 Å². The molecule has 0 aromatic heterocycles. The largest absolute Gasteiger partial charge is 0.301 e. The minimum atomic E-state index is 0.335. The van der Waals surface area contributed by atoms with Crippen LogP contribution >= 0.6 is 0 Å². The van der Waals surface area contributed by atoms with Gasteiger partial charge in [0.05, 0.1) is 6.17 Å². The summed E-state index contributed by atoms with van der Waals surface area (Å²) in [5.74, 6) is 0.828. The highest BCUT2D eigenvalue weighted by atomic mass is 15.3. The molecule has 2 aliphatic heterocycles. The van der Waals surface area contributed by atoms with Gasteiger partial charge in [0, 0.05) is 12.1 Å². The summed E-state index contributed by atoms with van der Waals surface area (Å²) in [6, 6.07) is 12.1. The molecule has 3 rings (SSSR count). The molecular weight excluding hydrogens is 256 g/mol. The average Bonchev–Trinajstić information content (AvgIpc) is 2.87. The summed E-state index contributed by atoms with van der Waals surface area (Å²) in [5.41, 5.74) is 1.78. The number of hydrogen-bond donors (Lipinski definition) is 1. The Morgan fingerprint density at radius 3 is 2.57 bits per heavy atom. The molecule has 2 aliphatic rings. The Labute approximate surface area is 129 Å². The molecule has 1 aromatic rings. The van der Waals surface area contributed by atoms with Crippen LogP contribution < -0.4 is 5.32 Å². The molecule has 0 aliphatic carbocycles. The summed E-state index contributed by atoms with van der Waals surface area (Å²) in [5, 5.41) is 3.81. The molecule has 2 saturated heterocycles. The second kappa shape index (κ2) is 5.73. The fourth-order valence-electron chi connectivity index (χ4n) is 4.35. The van der Waals surface area contributed by atoms with Crippen LogP contribution in [0.5, 0.6) is 0 Å². The van der Waals surface area contributed by atoms with E-state index in [0.717, 1.165) is 5.92 Å². The monoisotopic (exact) mass is 286 g/mol. The van der Waals surface area contributed by atoms with Gasteiger partial charge >= 0.3 is 0 Å². The summed E-state index contributed by atoms with van der Waals surface area (Å²) in [4.78, 5) is 2.78. The van der Waals surface area contributed by atoms with Crippen LogP contribution in [0.2, 0.25) is 0 Å². The van der Waals surface area contributed by atoms with Crippen LogP contribution in [0.1, 0.15) is 58.6 Å². The van der Waals surface area contributed by atoms with Crippen molar-refractivity contribution in [2.24, 2.45) is 11.3 Å². The first-order chi connectivity index (χ1) is 9.98. The van der Waals surface area contributed by atoms with Gasteiger partial charge in [0.1, 0.15) is 0 Å². The summed E-state index contributed by atoms with van der Waals surface area (Å²) >= 11 is 0. The third-order valence-corrected chi connectivity index (χ3v) is 5.49. The van der Waals surface area contributed by atoms with Crippen molar-refractivity contribution in [1.29, 1.82) is 0 Å². The molecule has 2 nitrogen and oxygen atoms in total. The van der Waals surface area contributed by atoms with E-state index in [1.807, 2.05) is 0 Å². The Bertz CT molecular complexity index is 462. The first-order valence-electron chi connectivity index (χ1n) is 8.54. The van der Waals surface area contributed by atoms with Crippen LogP contribution in [0, 0.1) is 11.3 Å².